The fourth-order valence-corrected chi connectivity index (χ4v) is 7.29. The van der Waals surface area contributed by atoms with Gasteiger partial charge in [-0.3, -0.25) is 0 Å². The summed E-state index contributed by atoms with van der Waals surface area (Å²) in [7, 11) is 0. The molecule has 0 atom stereocenters. The van der Waals surface area contributed by atoms with Gasteiger partial charge < -0.3 is 4.42 Å². The number of hydrogen-bond acceptors (Lipinski definition) is 4. The predicted octanol–water partition coefficient (Wildman–Crippen LogP) is 12.9. The van der Waals surface area contributed by atoms with Crippen molar-refractivity contribution in [3.8, 4) is 67.5 Å². The molecule has 2 heterocycles. The molecule has 8 aromatic carbocycles. The molecular formula is C49H31N3O. The van der Waals surface area contributed by atoms with Gasteiger partial charge in [0.05, 0.1) is 0 Å². The molecule has 4 nitrogen and oxygen atoms in total. The standard InChI is InChI=1S/C49H31N3O/c1-4-13-32(14-5-1)34-23-27-37(28-24-34)47-50-48(38-29-25-35(26-30-38)33-15-6-2-7-16-33)52-49(51-47)44-31-43-42-22-12-21-39(36-17-8-3-9-18-36)45(42)53-46(43)41-20-11-10-19-40(41)44/h1-31H. The molecule has 0 radical (unpaired) electrons. The van der Waals surface area contributed by atoms with Crippen LogP contribution < -0.4 is 0 Å². The van der Waals surface area contributed by atoms with E-state index in [2.05, 4.69) is 170 Å². The lowest BCUT2D eigenvalue weighted by Gasteiger charge is -2.12. The van der Waals surface area contributed by atoms with E-state index in [9.17, 15) is 0 Å². The number of hydrogen-bond donors (Lipinski definition) is 0. The number of para-hydroxylation sites is 1. The number of furan rings is 1. The van der Waals surface area contributed by atoms with Gasteiger partial charge in [-0.25, -0.2) is 15.0 Å². The second kappa shape index (κ2) is 12.9. The molecule has 2 aromatic heterocycles. The van der Waals surface area contributed by atoms with E-state index in [0.29, 0.717) is 17.5 Å². The lowest BCUT2D eigenvalue weighted by molar-refractivity contribution is 0.674. The molecule has 53 heavy (non-hydrogen) atoms. The van der Waals surface area contributed by atoms with Crippen molar-refractivity contribution in [2.45, 2.75) is 0 Å². The van der Waals surface area contributed by atoms with Gasteiger partial charge in [-0.2, -0.15) is 0 Å². The maximum absolute atomic E-state index is 6.77. The number of rotatable bonds is 6. The molecule has 10 aromatic rings. The van der Waals surface area contributed by atoms with Gasteiger partial charge in [0.1, 0.15) is 11.2 Å². The molecule has 0 fully saturated rings. The Morgan fingerprint density at radius 1 is 0.264 bits per heavy atom. The maximum Gasteiger partial charge on any atom is 0.164 e. The molecule has 0 amide bonds. The molecule has 0 saturated carbocycles. The SMILES string of the molecule is c1ccc(-c2ccc(-c3nc(-c4ccc(-c5ccccc5)cc4)nc(-c4cc5c6cccc(-c7ccccc7)c6oc5c5ccccc45)n3)cc2)cc1. The summed E-state index contributed by atoms with van der Waals surface area (Å²) in [5.74, 6) is 1.84. The predicted molar refractivity (Wildman–Crippen MR) is 217 cm³/mol. The Bertz CT molecular complexity index is 2800. The first-order chi connectivity index (χ1) is 26.3. The van der Waals surface area contributed by atoms with E-state index in [-0.39, 0.29) is 0 Å². The first-order valence-corrected chi connectivity index (χ1v) is 17.8. The van der Waals surface area contributed by atoms with Crippen LogP contribution >= 0.6 is 0 Å². The minimum atomic E-state index is 0.607. The Labute approximate surface area is 306 Å². The van der Waals surface area contributed by atoms with Crippen LogP contribution in [0, 0.1) is 0 Å². The normalized spacial score (nSPS) is 11.4. The molecule has 0 bridgehead atoms. The summed E-state index contributed by atoms with van der Waals surface area (Å²) in [6.45, 7) is 0. The quantitative estimate of drug-likeness (QED) is 0.176. The molecule has 0 aliphatic rings. The lowest BCUT2D eigenvalue weighted by atomic mass is 9.98. The Hall–Kier alpha value is -7.17. The topological polar surface area (TPSA) is 51.8 Å². The average Bonchev–Trinajstić information content (AvgIpc) is 3.63. The third-order valence-corrected chi connectivity index (χ3v) is 9.97. The Morgan fingerprint density at radius 3 is 1.25 bits per heavy atom. The highest BCUT2D eigenvalue weighted by Gasteiger charge is 2.20. The van der Waals surface area contributed by atoms with Gasteiger partial charge in [-0.05, 0) is 39.3 Å². The fourth-order valence-electron chi connectivity index (χ4n) is 7.29. The summed E-state index contributed by atoms with van der Waals surface area (Å²) in [4.78, 5) is 15.5. The van der Waals surface area contributed by atoms with Crippen molar-refractivity contribution in [2.24, 2.45) is 0 Å². The molecule has 0 aliphatic carbocycles. The van der Waals surface area contributed by atoms with Crippen molar-refractivity contribution in [3.63, 3.8) is 0 Å². The molecule has 248 valence electrons. The van der Waals surface area contributed by atoms with Crippen LogP contribution in [-0.2, 0) is 0 Å². The number of fused-ring (bicyclic) bond motifs is 5. The highest BCUT2D eigenvalue weighted by Crippen LogP contribution is 2.42. The summed E-state index contributed by atoms with van der Waals surface area (Å²) in [5.41, 5.74) is 11.3. The zero-order chi connectivity index (χ0) is 35.1. The first kappa shape index (κ1) is 30.6. The number of nitrogens with zero attached hydrogens (tertiary/aromatic N) is 3. The van der Waals surface area contributed by atoms with Crippen molar-refractivity contribution in [1.82, 2.24) is 15.0 Å². The number of benzene rings is 8. The largest absolute Gasteiger partial charge is 0.455 e. The summed E-state index contributed by atoms with van der Waals surface area (Å²) in [6, 6.07) is 65.0. The third-order valence-electron chi connectivity index (χ3n) is 9.97. The van der Waals surface area contributed by atoms with Crippen LogP contribution in [0.1, 0.15) is 0 Å². The van der Waals surface area contributed by atoms with Crippen molar-refractivity contribution in [2.75, 3.05) is 0 Å². The summed E-state index contributed by atoms with van der Waals surface area (Å²) < 4.78 is 6.77. The molecule has 0 unspecified atom stereocenters. The van der Waals surface area contributed by atoms with Crippen LogP contribution in [0.2, 0.25) is 0 Å². The lowest BCUT2D eigenvalue weighted by Crippen LogP contribution is -2.00. The molecule has 10 rings (SSSR count). The van der Waals surface area contributed by atoms with Crippen LogP contribution in [0.25, 0.3) is 100 Å². The minimum Gasteiger partial charge on any atom is -0.455 e. The molecule has 0 aliphatic heterocycles. The third kappa shape index (κ3) is 5.54. The molecule has 4 heteroatoms. The van der Waals surface area contributed by atoms with Crippen LogP contribution in [0.3, 0.4) is 0 Å². The van der Waals surface area contributed by atoms with Crippen molar-refractivity contribution < 1.29 is 4.42 Å². The smallest absolute Gasteiger partial charge is 0.164 e. The minimum absolute atomic E-state index is 0.607. The van der Waals surface area contributed by atoms with Crippen LogP contribution in [0.4, 0.5) is 0 Å². The summed E-state index contributed by atoms with van der Waals surface area (Å²) in [6.07, 6.45) is 0. The fraction of sp³-hybridized carbons (Fsp3) is 0. The Kier molecular flexibility index (Phi) is 7.43. The van der Waals surface area contributed by atoms with E-state index < -0.39 is 0 Å². The molecule has 0 N–H and O–H groups in total. The first-order valence-electron chi connectivity index (χ1n) is 17.8. The van der Waals surface area contributed by atoms with Crippen LogP contribution in [-0.4, -0.2) is 15.0 Å². The zero-order valence-electron chi connectivity index (χ0n) is 28.6. The Morgan fingerprint density at radius 2 is 0.679 bits per heavy atom. The highest BCUT2D eigenvalue weighted by atomic mass is 16.3. The van der Waals surface area contributed by atoms with Crippen molar-refractivity contribution in [3.05, 3.63) is 188 Å². The van der Waals surface area contributed by atoms with Crippen LogP contribution in [0.5, 0.6) is 0 Å². The van der Waals surface area contributed by atoms with Gasteiger partial charge in [0.15, 0.2) is 17.5 Å². The van der Waals surface area contributed by atoms with E-state index in [1.807, 2.05) is 18.2 Å². The molecular weight excluding hydrogens is 647 g/mol. The van der Waals surface area contributed by atoms with E-state index in [1.165, 1.54) is 0 Å². The van der Waals surface area contributed by atoms with Crippen molar-refractivity contribution in [1.29, 1.82) is 0 Å². The van der Waals surface area contributed by atoms with Gasteiger partial charge in [0, 0.05) is 38.4 Å². The summed E-state index contributed by atoms with van der Waals surface area (Å²) >= 11 is 0. The van der Waals surface area contributed by atoms with E-state index in [0.717, 1.165) is 82.8 Å². The van der Waals surface area contributed by atoms with Gasteiger partial charge in [0.2, 0.25) is 0 Å². The average molecular weight is 678 g/mol. The Balaban J connectivity index is 1.18. The summed E-state index contributed by atoms with van der Waals surface area (Å²) in [5, 5.41) is 4.10. The molecule has 0 spiro atoms. The van der Waals surface area contributed by atoms with Gasteiger partial charge >= 0.3 is 0 Å². The number of aromatic nitrogens is 3. The molecule has 0 saturated heterocycles. The van der Waals surface area contributed by atoms with Gasteiger partial charge in [-0.15, -0.1) is 0 Å². The zero-order valence-corrected chi connectivity index (χ0v) is 28.6. The maximum atomic E-state index is 6.77. The van der Waals surface area contributed by atoms with E-state index >= 15 is 0 Å². The van der Waals surface area contributed by atoms with E-state index in [4.69, 9.17) is 19.4 Å². The monoisotopic (exact) mass is 677 g/mol. The van der Waals surface area contributed by atoms with Crippen molar-refractivity contribution >= 4 is 32.7 Å². The second-order valence-corrected chi connectivity index (χ2v) is 13.2. The van der Waals surface area contributed by atoms with Crippen LogP contribution in [0.15, 0.2) is 192 Å². The van der Waals surface area contributed by atoms with Gasteiger partial charge in [-0.1, -0.05) is 182 Å². The van der Waals surface area contributed by atoms with E-state index in [1.54, 1.807) is 0 Å². The van der Waals surface area contributed by atoms with Gasteiger partial charge in [0.25, 0.3) is 0 Å². The second-order valence-electron chi connectivity index (χ2n) is 13.2. The highest BCUT2D eigenvalue weighted by molar-refractivity contribution is 6.20.